The second-order valence-electron chi connectivity index (χ2n) is 5.41. The van der Waals surface area contributed by atoms with E-state index in [2.05, 4.69) is 29.1 Å². The van der Waals surface area contributed by atoms with Crippen molar-refractivity contribution in [3.8, 4) is 11.4 Å². The summed E-state index contributed by atoms with van der Waals surface area (Å²) < 4.78 is 13.4. The van der Waals surface area contributed by atoms with Gasteiger partial charge < -0.3 is 5.32 Å². The van der Waals surface area contributed by atoms with Crippen molar-refractivity contribution in [2.24, 2.45) is 5.92 Å². The van der Waals surface area contributed by atoms with Gasteiger partial charge in [0.15, 0.2) is 5.82 Å². The van der Waals surface area contributed by atoms with Crippen LogP contribution in [0.25, 0.3) is 11.4 Å². The third-order valence-electron chi connectivity index (χ3n) is 2.87. The third kappa shape index (κ3) is 4.10. The quantitative estimate of drug-likeness (QED) is 0.908. The lowest BCUT2D eigenvalue weighted by molar-refractivity contribution is 0.548. The molecular weight excluding hydrogens is 253 g/mol. The first-order valence-corrected chi connectivity index (χ1v) is 6.85. The highest BCUT2D eigenvalue weighted by Gasteiger charge is 2.05. The van der Waals surface area contributed by atoms with Crippen LogP contribution in [0.5, 0.6) is 0 Å². The SMILES string of the molecule is Cc1cc(F)cc(-c2nccc(CNCC(C)C)n2)c1. The predicted octanol–water partition coefficient (Wildman–Crippen LogP) is 3.34. The smallest absolute Gasteiger partial charge is 0.159 e. The average molecular weight is 273 g/mol. The molecule has 1 N–H and O–H groups in total. The molecule has 2 aromatic rings. The van der Waals surface area contributed by atoms with Crippen LogP contribution in [0.4, 0.5) is 4.39 Å². The molecule has 4 heteroatoms. The molecule has 0 aliphatic rings. The zero-order valence-electron chi connectivity index (χ0n) is 12.2. The summed E-state index contributed by atoms with van der Waals surface area (Å²) in [5, 5.41) is 3.34. The summed E-state index contributed by atoms with van der Waals surface area (Å²) in [5.41, 5.74) is 2.50. The number of halogens is 1. The molecule has 2 rings (SSSR count). The number of benzene rings is 1. The van der Waals surface area contributed by atoms with Gasteiger partial charge in [-0.2, -0.15) is 0 Å². The van der Waals surface area contributed by atoms with Crippen LogP contribution >= 0.6 is 0 Å². The molecule has 0 saturated carbocycles. The van der Waals surface area contributed by atoms with Crippen molar-refractivity contribution in [1.82, 2.24) is 15.3 Å². The minimum Gasteiger partial charge on any atom is -0.311 e. The van der Waals surface area contributed by atoms with Crippen molar-refractivity contribution in [2.75, 3.05) is 6.54 Å². The van der Waals surface area contributed by atoms with E-state index in [4.69, 9.17) is 0 Å². The first kappa shape index (κ1) is 14.6. The van der Waals surface area contributed by atoms with Crippen molar-refractivity contribution >= 4 is 0 Å². The Hall–Kier alpha value is -1.81. The minimum absolute atomic E-state index is 0.257. The van der Waals surface area contributed by atoms with E-state index in [1.54, 1.807) is 6.20 Å². The molecule has 0 unspecified atom stereocenters. The molecule has 20 heavy (non-hydrogen) atoms. The number of aryl methyl sites for hydroxylation is 1. The van der Waals surface area contributed by atoms with E-state index in [0.717, 1.165) is 17.8 Å². The third-order valence-corrected chi connectivity index (χ3v) is 2.87. The summed E-state index contributed by atoms with van der Waals surface area (Å²) in [5.74, 6) is 0.908. The van der Waals surface area contributed by atoms with Crippen LogP contribution in [0.1, 0.15) is 25.1 Å². The highest BCUT2D eigenvalue weighted by molar-refractivity contribution is 5.56. The summed E-state index contributed by atoms with van der Waals surface area (Å²) in [6.45, 7) is 7.82. The van der Waals surface area contributed by atoms with E-state index in [1.165, 1.54) is 12.1 Å². The van der Waals surface area contributed by atoms with E-state index in [-0.39, 0.29) is 5.82 Å². The Morgan fingerprint density at radius 2 is 2.05 bits per heavy atom. The van der Waals surface area contributed by atoms with E-state index in [9.17, 15) is 4.39 Å². The minimum atomic E-state index is -0.257. The Kier molecular flexibility index (Phi) is 4.79. The lowest BCUT2D eigenvalue weighted by Gasteiger charge is -2.08. The maximum atomic E-state index is 13.4. The number of rotatable bonds is 5. The molecule has 0 fully saturated rings. The van der Waals surface area contributed by atoms with E-state index in [1.807, 2.05) is 19.1 Å². The van der Waals surface area contributed by atoms with Crippen LogP contribution in [0.2, 0.25) is 0 Å². The second-order valence-corrected chi connectivity index (χ2v) is 5.41. The van der Waals surface area contributed by atoms with Crippen LogP contribution in [-0.2, 0) is 6.54 Å². The fourth-order valence-electron chi connectivity index (χ4n) is 1.99. The number of hydrogen-bond donors (Lipinski definition) is 1. The molecule has 0 amide bonds. The summed E-state index contributed by atoms with van der Waals surface area (Å²) in [6.07, 6.45) is 1.72. The lowest BCUT2D eigenvalue weighted by atomic mass is 10.1. The van der Waals surface area contributed by atoms with E-state index >= 15 is 0 Å². The molecule has 0 radical (unpaired) electrons. The highest BCUT2D eigenvalue weighted by atomic mass is 19.1. The number of aromatic nitrogens is 2. The molecule has 3 nitrogen and oxygen atoms in total. The Morgan fingerprint density at radius 3 is 2.75 bits per heavy atom. The van der Waals surface area contributed by atoms with Crippen molar-refractivity contribution in [3.63, 3.8) is 0 Å². The van der Waals surface area contributed by atoms with Gasteiger partial charge in [0.05, 0.1) is 5.69 Å². The lowest BCUT2D eigenvalue weighted by Crippen LogP contribution is -2.19. The van der Waals surface area contributed by atoms with Crippen molar-refractivity contribution in [3.05, 3.63) is 47.5 Å². The zero-order chi connectivity index (χ0) is 14.5. The van der Waals surface area contributed by atoms with Crippen LogP contribution < -0.4 is 5.32 Å². The van der Waals surface area contributed by atoms with Crippen LogP contribution in [0, 0.1) is 18.7 Å². The summed E-state index contributed by atoms with van der Waals surface area (Å²) in [4.78, 5) is 8.71. The van der Waals surface area contributed by atoms with Gasteiger partial charge in [-0.25, -0.2) is 14.4 Å². The molecule has 1 aromatic carbocycles. The van der Waals surface area contributed by atoms with Gasteiger partial charge in [-0.15, -0.1) is 0 Å². The highest BCUT2D eigenvalue weighted by Crippen LogP contribution is 2.18. The number of nitrogens with zero attached hydrogens (tertiary/aromatic N) is 2. The number of hydrogen-bond acceptors (Lipinski definition) is 3. The van der Waals surface area contributed by atoms with Gasteiger partial charge in [0, 0.05) is 18.3 Å². The van der Waals surface area contributed by atoms with Gasteiger partial charge >= 0.3 is 0 Å². The van der Waals surface area contributed by atoms with E-state index < -0.39 is 0 Å². The molecular formula is C16H20FN3. The Balaban J connectivity index is 2.16. The van der Waals surface area contributed by atoms with E-state index in [0.29, 0.717) is 23.9 Å². The largest absolute Gasteiger partial charge is 0.311 e. The van der Waals surface area contributed by atoms with Gasteiger partial charge in [0.25, 0.3) is 0 Å². The normalized spacial score (nSPS) is 11.1. The molecule has 0 aliphatic heterocycles. The Labute approximate surface area is 119 Å². The summed E-state index contributed by atoms with van der Waals surface area (Å²) in [7, 11) is 0. The molecule has 0 aliphatic carbocycles. The van der Waals surface area contributed by atoms with Crippen LogP contribution in [0.15, 0.2) is 30.5 Å². The van der Waals surface area contributed by atoms with Gasteiger partial charge in [-0.1, -0.05) is 13.8 Å². The van der Waals surface area contributed by atoms with Crippen LogP contribution in [-0.4, -0.2) is 16.5 Å². The molecule has 106 valence electrons. The summed E-state index contributed by atoms with van der Waals surface area (Å²) in [6, 6.07) is 6.73. The van der Waals surface area contributed by atoms with Crippen molar-refractivity contribution in [2.45, 2.75) is 27.3 Å². The molecule has 1 heterocycles. The first-order valence-electron chi connectivity index (χ1n) is 6.85. The van der Waals surface area contributed by atoms with Gasteiger partial charge in [0.2, 0.25) is 0 Å². The fraction of sp³-hybridized carbons (Fsp3) is 0.375. The second kappa shape index (κ2) is 6.57. The maximum Gasteiger partial charge on any atom is 0.159 e. The fourth-order valence-corrected chi connectivity index (χ4v) is 1.99. The standard InChI is InChI=1S/C16H20FN3/c1-11(2)9-18-10-15-4-5-19-16(20-15)13-6-12(3)7-14(17)8-13/h4-8,11,18H,9-10H2,1-3H3. The zero-order valence-corrected chi connectivity index (χ0v) is 12.2. The predicted molar refractivity (Wildman–Crippen MR) is 78.7 cm³/mol. The Morgan fingerprint density at radius 1 is 1.25 bits per heavy atom. The maximum absolute atomic E-state index is 13.4. The molecule has 0 spiro atoms. The molecule has 1 aromatic heterocycles. The molecule has 0 saturated heterocycles. The van der Waals surface area contributed by atoms with Gasteiger partial charge in [-0.3, -0.25) is 0 Å². The van der Waals surface area contributed by atoms with Crippen molar-refractivity contribution < 1.29 is 4.39 Å². The monoisotopic (exact) mass is 273 g/mol. The topological polar surface area (TPSA) is 37.8 Å². The first-order chi connectivity index (χ1) is 9.54. The summed E-state index contributed by atoms with van der Waals surface area (Å²) >= 11 is 0. The molecule has 0 bridgehead atoms. The van der Waals surface area contributed by atoms with Crippen molar-refractivity contribution in [1.29, 1.82) is 0 Å². The van der Waals surface area contributed by atoms with Gasteiger partial charge in [-0.05, 0) is 49.2 Å². The van der Waals surface area contributed by atoms with Crippen LogP contribution in [0.3, 0.4) is 0 Å². The Bertz CT molecular complexity index is 561. The van der Waals surface area contributed by atoms with Gasteiger partial charge in [0.1, 0.15) is 5.82 Å². The number of nitrogens with one attached hydrogen (secondary N) is 1. The molecule has 0 atom stereocenters. The average Bonchev–Trinajstić information content (AvgIpc) is 2.37.